The Morgan fingerprint density at radius 1 is 1.29 bits per heavy atom. The van der Waals surface area contributed by atoms with E-state index in [0.717, 1.165) is 5.69 Å². The van der Waals surface area contributed by atoms with E-state index >= 15 is 0 Å². The van der Waals surface area contributed by atoms with Crippen molar-refractivity contribution in [2.75, 3.05) is 29.1 Å². The highest BCUT2D eigenvalue weighted by atomic mass is 16.5. The number of hydrogen-bond donors (Lipinski definition) is 3. The fraction of sp³-hybridized carbons (Fsp3) is 0.217. The number of fused-ring (bicyclic) bond motifs is 1. The number of ether oxygens (including phenoxy) is 1. The Balaban J connectivity index is 1.34. The molecule has 12 heteroatoms. The molecule has 1 aliphatic rings. The van der Waals surface area contributed by atoms with Crippen LogP contribution < -0.4 is 20.9 Å². The first-order valence-electron chi connectivity index (χ1n) is 10.8. The fourth-order valence-electron chi connectivity index (χ4n) is 3.95. The number of benzene rings is 1. The zero-order valence-electron chi connectivity index (χ0n) is 18.8. The minimum Gasteiger partial charge on any atom is -0.380 e. The second-order valence-electron chi connectivity index (χ2n) is 8.18. The first kappa shape index (κ1) is 22.4. The van der Waals surface area contributed by atoms with Crippen LogP contribution in [0.25, 0.3) is 16.6 Å². The Hall–Kier alpha value is -4.42. The van der Waals surface area contributed by atoms with Crippen molar-refractivity contribution < 1.29 is 24.4 Å². The summed E-state index contributed by atoms with van der Waals surface area (Å²) in [5, 5.41) is 18.7. The van der Waals surface area contributed by atoms with Crippen molar-refractivity contribution in [1.82, 2.24) is 19.7 Å². The lowest BCUT2D eigenvalue weighted by molar-refractivity contribution is -0.363. The predicted octanol–water partition coefficient (Wildman–Crippen LogP) is 0.333. The molecule has 2 amide bonds. The summed E-state index contributed by atoms with van der Waals surface area (Å²) in [6.07, 6.45) is 4.66. The van der Waals surface area contributed by atoms with E-state index in [2.05, 4.69) is 25.4 Å². The number of amides is 2. The number of nitrogens with two attached hydrogens (primary N) is 1. The summed E-state index contributed by atoms with van der Waals surface area (Å²) in [4.78, 5) is 38.7. The van der Waals surface area contributed by atoms with Crippen molar-refractivity contribution in [3.63, 3.8) is 0 Å². The summed E-state index contributed by atoms with van der Waals surface area (Å²) < 4.78 is 7.26. The van der Waals surface area contributed by atoms with Crippen LogP contribution >= 0.6 is 0 Å². The monoisotopic (exact) mass is 475 g/mol. The van der Waals surface area contributed by atoms with Gasteiger partial charge in [-0.1, -0.05) is 0 Å². The summed E-state index contributed by atoms with van der Waals surface area (Å²) in [7, 11) is 0. The summed E-state index contributed by atoms with van der Waals surface area (Å²) in [5.74, 6) is -0.549. The molecule has 0 radical (unpaired) electrons. The molecule has 3 aromatic heterocycles. The van der Waals surface area contributed by atoms with Gasteiger partial charge in [0.05, 0.1) is 24.2 Å². The minimum atomic E-state index is -1.81. The van der Waals surface area contributed by atoms with Gasteiger partial charge in [-0.3, -0.25) is 19.5 Å². The van der Waals surface area contributed by atoms with Gasteiger partial charge in [-0.2, -0.15) is 0 Å². The number of aliphatic hydroxyl groups is 1. The van der Waals surface area contributed by atoms with Crippen LogP contribution in [0, 0.1) is 0 Å². The third-order valence-electron chi connectivity index (χ3n) is 5.91. The van der Waals surface area contributed by atoms with Gasteiger partial charge in [0.15, 0.2) is 23.0 Å². The summed E-state index contributed by atoms with van der Waals surface area (Å²) in [5.41, 5.74) is 5.80. The van der Waals surface area contributed by atoms with Crippen LogP contribution in [0.15, 0.2) is 61.3 Å². The van der Waals surface area contributed by atoms with Gasteiger partial charge in [0, 0.05) is 36.4 Å². The second kappa shape index (κ2) is 8.74. The number of aromatic nitrogens is 5. The smallest absolute Gasteiger partial charge is 0.263 e. The Labute approximate surface area is 199 Å². The number of hydrogen-bond acceptors (Lipinski definition) is 8. The summed E-state index contributed by atoms with van der Waals surface area (Å²) in [6, 6.07) is 10.2. The molecule has 5 N–H and O–H groups in total. The maximum Gasteiger partial charge on any atom is 0.263 e. The molecule has 2 atom stereocenters. The number of carbonyl (C=O) groups excluding carboxylic acids is 2. The number of anilines is 3. The van der Waals surface area contributed by atoms with Crippen molar-refractivity contribution in [1.29, 1.82) is 0 Å². The second-order valence-corrected chi connectivity index (χ2v) is 8.18. The van der Waals surface area contributed by atoms with Gasteiger partial charge in [0.1, 0.15) is 0 Å². The van der Waals surface area contributed by atoms with Crippen molar-refractivity contribution in [3.8, 4) is 5.69 Å². The molecule has 4 aromatic rings. The standard InChI is InChI=1S/C23H22N8O4/c1-23(19(32)21(33)28-14-2-3-16-17(12-14)26-13-27-20(16)24)22(34)30(10-11-35-23)18-6-9-31(29-18)15-4-7-25-8-5-15/h2-9,12-13,19,32H,10-11H2,1H3,(H,28,33)(H2,24,26,27)/p+1/t19-,23+/m0/s1. The SMILES string of the molecule is C[C@]1([C@@H](O)C(=O)Nc2ccc3c(N)[nH+]cnc3c2)OCCN(c2ccn(-c3ccncc3)n2)C1=O. The van der Waals surface area contributed by atoms with Gasteiger partial charge in [-0.25, -0.2) is 9.67 Å². The van der Waals surface area contributed by atoms with Crippen LogP contribution in [0.4, 0.5) is 17.3 Å². The highest BCUT2D eigenvalue weighted by molar-refractivity contribution is 6.06. The first-order valence-corrected chi connectivity index (χ1v) is 10.8. The van der Waals surface area contributed by atoms with E-state index in [1.165, 1.54) is 18.2 Å². The molecule has 0 spiro atoms. The van der Waals surface area contributed by atoms with Gasteiger partial charge < -0.3 is 20.9 Å². The molecule has 5 rings (SSSR count). The summed E-state index contributed by atoms with van der Waals surface area (Å²) >= 11 is 0. The van der Waals surface area contributed by atoms with E-state index in [-0.39, 0.29) is 13.2 Å². The predicted molar refractivity (Wildman–Crippen MR) is 125 cm³/mol. The highest BCUT2D eigenvalue weighted by Crippen LogP contribution is 2.28. The van der Waals surface area contributed by atoms with Gasteiger partial charge in [-0.05, 0) is 31.2 Å². The van der Waals surface area contributed by atoms with Gasteiger partial charge in [0.25, 0.3) is 11.8 Å². The Morgan fingerprint density at radius 2 is 2.09 bits per heavy atom. The number of aliphatic hydroxyl groups excluding tert-OH is 1. The maximum atomic E-state index is 13.4. The average Bonchev–Trinajstić information content (AvgIpc) is 3.36. The summed E-state index contributed by atoms with van der Waals surface area (Å²) in [6.45, 7) is 1.74. The van der Waals surface area contributed by atoms with Gasteiger partial charge in [-0.15, -0.1) is 10.1 Å². The van der Waals surface area contributed by atoms with Crippen molar-refractivity contribution in [2.24, 2.45) is 0 Å². The maximum absolute atomic E-state index is 13.4. The third kappa shape index (κ3) is 4.05. The molecular formula is C23H23N8O4+. The van der Waals surface area contributed by atoms with E-state index in [0.29, 0.717) is 28.2 Å². The minimum absolute atomic E-state index is 0.115. The topological polar surface area (TPSA) is 163 Å². The number of carbonyl (C=O) groups is 2. The van der Waals surface area contributed by atoms with Crippen molar-refractivity contribution in [2.45, 2.75) is 18.6 Å². The lowest BCUT2D eigenvalue weighted by Crippen LogP contribution is -2.63. The van der Waals surface area contributed by atoms with E-state index < -0.39 is 23.5 Å². The first-order chi connectivity index (χ1) is 16.9. The molecule has 178 valence electrons. The van der Waals surface area contributed by atoms with Crippen LogP contribution in [-0.4, -0.2) is 61.5 Å². The number of pyridine rings is 1. The van der Waals surface area contributed by atoms with Crippen LogP contribution in [0.2, 0.25) is 0 Å². The molecule has 1 saturated heterocycles. The fourth-order valence-corrected chi connectivity index (χ4v) is 3.95. The van der Waals surface area contributed by atoms with Crippen LogP contribution in [0.1, 0.15) is 6.92 Å². The van der Waals surface area contributed by atoms with Crippen molar-refractivity contribution >= 4 is 40.0 Å². The molecule has 0 aliphatic carbocycles. The zero-order valence-corrected chi connectivity index (χ0v) is 18.8. The van der Waals surface area contributed by atoms with E-state index in [1.54, 1.807) is 59.7 Å². The van der Waals surface area contributed by atoms with E-state index in [9.17, 15) is 14.7 Å². The molecule has 0 saturated carbocycles. The molecule has 35 heavy (non-hydrogen) atoms. The quantitative estimate of drug-likeness (QED) is 0.372. The normalized spacial score (nSPS) is 19.0. The molecule has 0 unspecified atom stereocenters. The molecule has 0 bridgehead atoms. The van der Waals surface area contributed by atoms with E-state index in [1.807, 2.05) is 0 Å². The largest absolute Gasteiger partial charge is 0.380 e. The molecule has 12 nitrogen and oxygen atoms in total. The highest BCUT2D eigenvalue weighted by Gasteiger charge is 2.51. The number of nitrogen functional groups attached to an aromatic ring is 1. The Morgan fingerprint density at radius 3 is 2.89 bits per heavy atom. The zero-order chi connectivity index (χ0) is 24.6. The Kier molecular flexibility index (Phi) is 5.59. The van der Waals surface area contributed by atoms with Gasteiger partial charge in [0.2, 0.25) is 12.1 Å². The number of aromatic amines is 1. The van der Waals surface area contributed by atoms with Gasteiger partial charge >= 0.3 is 0 Å². The van der Waals surface area contributed by atoms with Crippen LogP contribution in [0.5, 0.6) is 0 Å². The molecular weight excluding hydrogens is 452 g/mol. The number of H-pyrrole nitrogens is 1. The number of nitrogens with one attached hydrogen (secondary N) is 2. The lowest BCUT2D eigenvalue weighted by atomic mass is 9.94. The van der Waals surface area contributed by atoms with Crippen LogP contribution in [0.3, 0.4) is 0 Å². The molecule has 1 aromatic carbocycles. The van der Waals surface area contributed by atoms with Crippen LogP contribution in [-0.2, 0) is 14.3 Å². The number of rotatable bonds is 5. The molecule has 1 aliphatic heterocycles. The molecule has 1 fully saturated rings. The van der Waals surface area contributed by atoms with Crippen molar-refractivity contribution in [3.05, 3.63) is 61.3 Å². The number of nitrogens with zero attached hydrogens (tertiary/aromatic N) is 5. The third-order valence-corrected chi connectivity index (χ3v) is 5.91. The lowest BCUT2D eigenvalue weighted by Gasteiger charge is -2.40. The number of morpholine rings is 1. The Bertz CT molecular complexity index is 1410. The molecule has 4 heterocycles. The average molecular weight is 475 g/mol. The van der Waals surface area contributed by atoms with E-state index in [4.69, 9.17) is 10.5 Å².